The third-order valence-electron chi connectivity index (χ3n) is 10.0. The molecule has 9 rings (SSSR count). The van der Waals surface area contributed by atoms with Crippen LogP contribution in [0.3, 0.4) is 0 Å². The Morgan fingerprint density at radius 2 is 1.06 bits per heavy atom. The molecule has 2 N–H and O–H groups in total. The molecule has 244 valence electrons. The highest BCUT2D eigenvalue weighted by Crippen LogP contribution is 2.58. The highest BCUT2D eigenvalue weighted by Gasteiger charge is 2.31. The fourth-order valence-corrected chi connectivity index (χ4v) is 7.93. The van der Waals surface area contributed by atoms with Crippen LogP contribution in [-0.4, -0.2) is 5.54 Å². The second-order valence-electron chi connectivity index (χ2n) is 14.2. The highest BCUT2D eigenvalue weighted by molar-refractivity contribution is 6.28. The minimum Gasteiger partial charge on any atom is -0.322 e. The van der Waals surface area contributed by atoms with Crippen LogP contribution in [0.2, 0.25) is 0 Å². The molecule has 0 spiro atoms. The first-order chi connectivity index (χ1) is 24.4. The molecule has 0 aromatic heterocycles. The summed E-state index contributed by atoms with van der Waals surface area (Å²) in [7, 11) is 0. The molecule has 50 heavy (non-hydrogen) atoms. The number of hydrogen-bond donors (Lipinski definition) is 1. The third kappa shape index (κ3) is 5.39. The van der Waals surface area contributed by atoms with Gasteiger partial charge in [-0.1, -0.05) is 166 Å². The summed E-state index contributed by atoms with van der Waals surface area (Å²) in [6.07, 6.45) is 8.69. The van der Waals surface area contributed by atoms with Gasteiger partial charge in [-0.25, -0.2) is 0 Å². The zero-order chi connectivity index (χ0) is 34.4. The smallest absolute Gasteiger partial charge is 0.0348 e. The lowest BCUT2D eigenvalue weighted by Crippen LogP contribution is -2.33. The van der Waals surface area contributed by atoms with Crippen LogP contribution in [0.5, 0.6) is 0 Å². The molecule has 0 aliphatic heterocycles. The van der Waals surface area contributed by atoms with Crippen molar-refractivity contribution in [1.82, 2.24) is 0 Å². The Balaban J connectivity index is 0.00000116. The molecule has 0 amide bonds. The van der Waals surface area contributed by atoms with E-state index in [1.807, 2.05) is 0 Å². The van der Waals surface area contributed by atoms with Gasteiger partial charge in [0, 0.05) is 5.54 Å². The maximum Gasteiger partial charge on any atom is 0.0348 e. The Kier molecular flexibility index (Phi) is 8.10. The molecule has 0 fully saturated rings. The number of nitrogens with two attached hydrogens (primary N) is 1. The Morgan fingerprint density at radius 1 is 0.540 bits per heavy atom. The Labute approximate surface area is 296 Å². The Hall–Kier alpha value is -5.50. The predicted molar refractivity (Wildman–Crippen MR) is 217 cm³/mol. The zero-order valence-corrected chi connectivity index (χ0v) is 29.4. The van der Waals surface area contributed by atoms with Crippen molar-refractivity contribution in [3.8, 4) is 55.6 Å². The summed E-state index contributed by atoms with van der Waals surface area (Å²) in [6, 6.07) is 49.4. The molecule has 0 radical (unpaired) electrons. The molecule has 2 aliphatic rings. The first-order valence-electron chi connectivity index (χ1n) is 17.9. The zero-order valence-electron chi connectivity index (χ0n) is 29.4. The molecule has 1 nitrogen and oxygen atoms in total. The van der Waals surface area contributed by atoms with Crippen molar-refractivity contribution < 1.29 is 0 Å². The van der Waals surface area contributed by atoms with E-state index in [-0.39, 0.29) is 5.54 Å². The van der Waals surface area contributed by atoms with E-state index in [1.165, 1.54) is 100 Å². The van der Waals surface area contributed by atoms with Crippen molar-refractivity contribution in [3.05, 3.63) is 163 Å². The first kappa shape index (κ1) is 31.7. The van der Waals surface area contributed by atoms with Crippen LogP contribution < -0.4 is 5.73 Å². The molecule has 0 saturated carbocycles. The maximum absolute atomic E-state index is 6.40. The first-order valence-corrected chi connectivity index (χ1v) is 17.9. The van der Waals surface area contributed by atoms with Gasteiger partial charge in [-0.3, -0.25) is 0 Å². The molecular weight excluding hydrogens is 603 g/mol. The van der Waals surface area contributed by atoms with Crippen molar-refractivity contribution >= 4 is 27.1 Å². The molecule has 1 atom stereocenters. The number of hydrogen-bond acceptors (Lipinski definition) is 1. The van der Waals surface area contributed by atoms with Crippen LogP contribution in [-0.2, 0) is 0 Å². The van der Waals surface area contributed by atoms with Crippen molar-refractivity contribution in [2.24, 2.45) is 5.73 Å². The van der Waals surface area contributed by atoms with Crippen LogP contribution in [0.1, 0.15) is 44.7 Å². The average molecular weight is 646 g/mol. The van der Waals surface area contributed by atoms with Gasteiger partial charge in [0.1, 0.15) is 0 Å². The van der Waals surface area contributed by atoms with E-state index in [4.69, 9.17) is 5.73 Å². The van der Waals surface area contributed by atoms with Gasteiger partial charge in [0.05, 0.1) is 0 Å². The van der Waals surface area contributed by atoms with Crippen LogP contribution in [0.15, 0.2) is 152 Å². The highest BCUT2D eigenvalue weighted by atomic mass is 14.7. The number of allylic oxidation sites excluding steroid dienone is 2. The van der Waals surface area contributed by atoms with Crippen molar-refractivity contribution in [2.45, 2.75) is 46.1 Å². The molecular formula is C49H43N. The van der Waals surface area contributed by atoms with Crippen LogP contribution in [0.4, 0.5) is 0 Å². The van der Waals surface area contributed by atoms with Gasteiger partial charge in [0.2, 0.25) is 0 Å². The average Bonchev–Trinajstić information content (AvgIpc) is 3.46. The van der Waals surface area contributed by atoms with Gasteiger partial charge >= 0.3 is 0 Å². The van der Waals surface area contributed by atoms with E-state index in [1.54, 1.807) is 0 Å². The summed E-state index contributed by atoms with van der Waals surface area (Å²) in [5, 5.41) is 5.19. The largest absolute Gasteiger partial charge is 0.322 e. The lowest BCUT2D eigenvalue weighted by Gasteiger charge is -2.23. The van der Waals surface area contributed by atoms with Gasteiger partial charge in [-0.05, 0) is 120 Å². The fourth-order valence-electron chi connectivity index (χ4n) is 7.93. The summed E-state index contributed by atoms with van der Waals surface area (Å²) >= 11 is 0. The van der Waals surface area contributed by atoms with E-state index < -0.39 is 0 Å². The molecule has 7 aromatic carbocycles. The summed E-state index contributed by atoms with van der Waals surface area (Å²) in [4.78, 5) is 0. The van der Waals surface area contributed by atoms with Gasteiger partial charge < -0.3 is 5.73 Å². The quantitative estimate of drug-likeness (QED) is 0.202. The molecule has 2 aliphatic carbocycles. The normalized spacial score (nSPS) is 15.8. The second-order valence-corrected chi connectivity index (χ2v) is 14.2. The van der Waals surface area contributed by atoms with Crippen molar-refractivity contribution in [1.29, 1.82) is 0 Å². The molecule has 1 unspecified atom stereocenters. The molecule has 0 bridgehead atoms. The van der Waals surface area contributed by atoms with Gasteiger partial charge in [0.25, 0.3) is 0 Å². The SMILES string of the molecule is CCC.Cc1cc(C2=CCC(C)(N)C=C2)cc(-c2ccc3c4c(cccc24)-c2c-3c(-c3ccccc3)c3ccccc3c2-c2ccccc2)c1. The minimum absolute atomic E-state index is 0.287. The topological polar surface area (TPSA) is 26.0 Å². The fraction of sp³-hybridized carbons (Fsp3) is 0.143. The minimum atomic E-state index is -0.287. The van der Waals surface area contributed by atoms with E-state index in [0.29, 0.717) is 0 Å². The van der Waals surface area contributed by atoms with Crippen molar-refractivity contribution in [3.63, 3.8) is 0 Å². The van der Waals surface area contributed by atoms with E-state index in [9.17, 15) is 0 Å². The van der Waals surface area contributed by atoms with Crippen LogP contribution in [0, 0.1) is 6.92 Å². The Morgan fingerprint density at radius 3 is 1.64 bits per heavy atom. The summed E-state index contributed by atoms with van der Waals surface area (Å²) in [5.41, 5.74) is 22.7. The van der Waals surface area contributed by atoms with Crippen LogP contribution >= 0.6 is 0 Å². The van der Waals surface area contributed by atoms with E-state index in [2.05, 4.69) is 179 Å². The maximum atomic E-state index is 6.40. The number of fused-ring (bicyclic) bond motifs is 4. The van der Waals surface area contributed by atoms with E-state index in [0.717, 1.165) is 6.42 Å². The van der Waals surface area contributed by atoms with Gasteiger partial charge in [0.15, 0.2) is 0 Å². The van der Waals surface area contributed by atoms with E-state index >= 15 is 0 Å². The van der Waals surface area contributed by atoms with Crippen LogP contribution in [0.25, 0.3) is 82.8 Å². The summed E-state index contributed by atoms with van der Waals surface area (Å²) in [6.45, 7) is 8.53. The van der Waals surface area contributed by atoms with Gasteiger partial charge in [-0.2, -0.15) is 0 Å². The monoisotopic (exact) mass is 645 g/mol. The number of rotatable bonds is 4. The predicted octanol–water partition coefficient (Wildman–Crippen LogP) is 13.4. The standard InChI is InChI=1S/C46H35N.C3H8/c1-29-26-33(30-22-24-46(2,47)25-23-30)28-34(27-29)35-20-21-40-43-36(35)18-11-19-39(43)44-41(31-12-5-3-6-13-31)37-16-9-10-17-38(37)42(45(40)44)32-14-7-4-8-15-32;1-3-2/h3-24,26-28H,25,47H2,1-2H3;3H2,1-2H3. The number of aryl methyl sites for hydroxylation is 1. The third-order valence-corrected chi connectivity index (χ3v) is 10.0. The van der Waals surface area contributed by atoms with Crippen molar-refractivity contribution in [2.75, 3.05) is 0 Å². The molecule has 0 heterocycles. The second kappa shape index (κ2) is 12.8. The molecule has 7 aromatic rings. The number of benzene rings is 7. The summed E-state index contributed by atoms with van der Waals surface area (Å²) in [5.74, 6) is 0. The molecule has 0 saturated heterocycles. The summed E-state index contributed by atoms with van der Waals surface area (Å²) < 4.78 is 0. The Bertz CT molecular complexity index is 2370. The van der Waals surface area contributed by atoms with Gasteiger partial charge in [-0.15, -0.1) is 0 Å². The lowest BCUT2D eigenvalue weighted by molar-refractivity contribution is 0.591. The lowest BCUT2D eigenvalue weighted by atomic mass is 9.82. The molecule has 1 heteroatoms.